The van der Waals surface area contributed by atoms with Crippen LogP contribution in [-0.4, -0.2) is 18.2 Å². The van der Waals surface area contributed by atoms with Crippen molar-refractivity contribution in [2.24, 2.45) is 0 Å². The van der Waals surface area contributed by atoms with E-state index in [0.29, 0.717) is 12.1 Å². The van der Waals surface area contributed by atoms with Crippen LogP contribution in [0, 0.1) is 0 Å². The van der Waals surface area contributed by atoms with E-state index in [-0.39, 0.29) is 5.60 Å². The molecule has 1 aliphatic carbocycles. The summed E-state index contributed by atoms with van der Waals surface area (Å²) < 4.78 is 7.26. The number of hydrogen-bond donors (Lipinski definition) is 1. The van der Waals surface area contributed by atoms with Crippen LogP contribution in [0.25, 0.3) is 0 Å². The Morgan fingerprint density at radius 3 is 2.65 bits per heavy atom. The smallest absolute Gasteiger partial charge is 0.0697 e. The molecule has 2 unspecified atom stereocenters. The van der Waals surface area contributed by atoms with Crippen LogP contribution in [0.5, 0.6) is 0 Å². The van der Waals surface area contributed by atoms with Crippen molar-refractivity contribution in [2.45, 2.75) is 63.1 Å². The van der Waals surface area contributed by atoms with Crippen LogP contribution < -0.4 is 5.32 Å². The molecule has 2 atom stereocenters. The molecule has 1 saturated heterocycles. The van der Waals surface area contributed by atoms with E-state index in [4.69, 9.17) is 4.74 Å². The van der Waals surface area contributed by atoms with Gasteiger partial charge in [-0.3, -0.25) is 0 Å². The molecule has 1 aliphatic heterocycles. The lowest BCUT2D eigenvalue weighted by Crippen LogP contribution is -2.46. The molecule has 1 aromatic carbocycles. The summed E-state index contributed by atoms with van der Waals surface area (Å²) in [5.74, 6) is 0. The van der Waals surface area contributed by atoms with Crippen molar-refractivity contribution in [2.75, 3.05) is 6.61 Å². The van der Waals surface area contributed by atoms with E-state index in [2.05, 4.69) is 52.4 Å². The molecule has 1 spiro atoms. The van der Waals surface area contributed by atoms with Gasteiger partial charge in [0.15, 0.2) is 0 Å². The van der Waals surface area contributed by atoms with Crippen molar-refractivity contribution in [3.8, 4) is 0 Å². The average Bonchev–Trinajstić information content (AvgIpc) is 2.87. The molecule has 1 saturated carbocycles. The van der Waals surface area contributed by atoms with Gasteiger partial charge in [-0.15, -0.1) is 0 Å². The van der Waals surface area contributed by atoms with E-state index in [1.165, 1.54) is 37.7 Å². The zero-order valence-electron chi connectivity index (χ0n) is 12.2. The van der Waals surface area contributed by atoms with Gasteiger partial charge >= 0.3 is 0 Å². The summed E-state index contributed by atoms with van der Waals surface area (Å²) in [6.45, 7) is 3.19. The normalized spacial score (nSPS) is 26.8. The summed E-state index contributed by atoms with van der Waals surface area (Å²) in [4.78, 5) is 0. The Labute approximate surface area is 130 Å². The Balaban J connectivity index is 1.60. The second kappa shape index (κ2) is 6.17. The predicted octanol–water partition coefficient (Wildman–Crippen LogP) is 4.59. The fraction of sp³-hybridized carbons (Fsp3) is 0.647. The summed E-state index contributed by atoms with van der Waals surface area (Å²) in [7, 11) is 0. The fourth-order valence-corrected chi connectivity index (χ4v) is 4.00. The first-order valence-electron chi connectivity index (χ1n) is 7.82. The average molecular weight is 338 g/mol. The highest BCUT2D eigenvalue weighted by Gasteiger charge is 2.40. The van der Waals surface area contributed by atoms with Crippen molar-refractivity contribution >= 4 is 15.9 Å². The van der Waals surface area contributed by atoms with Crippen LogP contribution >= 0.6 is 15.9 Å². The SMILES string of the molecule is CC(NC1CCOC2(CCCC2)C1)c1ccc(Br)cc1. The fourth-order valence-electron chi connectivity index (χ4n) is 3.74. The minimum atomic E-state index is 0.204. The molecule has 0 aromatic heterocycles. The standard InChI is InChI=1S/C17H24BrNO/c1-13(14-4-6-15(18)7-5-14)19-16-8-11-20-17(12-16)9-2-3-10-17/h4-7,13,16,19H,2-3,8-12H2,1H3. The van der Waals surface area contributed by atoms with Crippen LogP contribution in [0.4, 0.5) is 0 Å². The summed E-state index contributed by atoms with van der Waals surface area (Å²) in [6, 6.07) is 9.65. The molecule has 20 heavy (non-hydrogen) atoms. The quantitative estimate of drug-likeness (QED) is 0.870. The lowest BCUT2D eigenvalue weighted by molar-refractivity contribution is -0.0846. The van der Waals surface area contributed by atoms with Crippen LogP contribution in [0.1, 0.15) is 57.1 Å². The molecule has 3 heteroatoms. The Morgan fingerprint density at radius 1 is 1.25 bits per heavy atom. The molecule has 2 aliphatic rings. The molecular weight excluding hydrogens is 314 g/mol. The van der Waals surface area contributed by atoms with Crippen LogP contribution in [0.3, 0.4) is 0 Å². The summed E-state index contributed by atoms with van der Waals surface area (Å²) >= 11 is 3.50. The van der Waals surface area contributed by atoms with E-state index in [1.54, 1.807) is 0 Å². The maximum Gasteiger partial charge on any atom is 0.0697 e. The Bertz CT molecular complexity index is 439. The highest BCUT2D eigenvalue weighted by atomic mass is 79.9. The summed E-state index contributed by atoms with van der Waals surface area (Å²) in [6.07, 6.45) is 7.54. The van der Waals surface area contributed by atoms with E-state index in [1.807, 2.05) is 0 Å². The maximum atomic E-state index is 6.11. The first-order valence-corrected chi connectivity index (χ1v) is 8.62. The van der Waals surface area contributed by atoms with Crippen molar-refractivity contribution in [1.29, 1.82) is 0 Å². The van der Waals surface area contributed by atoms with E-state index in [9.17, 15) is 0 Å². The predicted molar refractivity (Wildman–Crippen MR) is 85.9 cm³/mol. The van der Waals surface area contributed by atoms with Gasteiger partial charge < -0.3 is 10.1 Å². The van der Waals surface area contributed by atoms with Crippen molar-refractivity contribution in [1.82, 2.24) is 5.32 Å². The topological polar surface area (TPSA) is 21.3 Å². The first kappa shape index (κ1) is 14.6. The third kappa shape index (κ3) is 3.26. The van der Waals surface area contributed by atoms with Crippen LogP contribution in [-0.2, 0) is 4.74 Å². The minimum absolute atomic E-state index is 0.204. The van der Waals surface area contributed by atoms with Crippen molar-refractivity contribution in [3.63, 3.8) is 0 Å². The lowest BCUT2D eigenvalue weighted by atomic mass is 9.88. The van der Waals surface area contributed by atoms with Gasteiger partial charge in [-0.1, -0.05) is 40.9 Å². The molecule has 0 amide bonds. The third-order valence-corrected chi connectivity index (χ3v) is 5.39. The zero-order chi connectivity index (χ0) is 14.0. The lowest BCUT2D eigenvalue weighted by Gasteiger charge is -2.39. The van der Waals surface area contributed by atoms with Crippen LogP contribution in [0.2, 0.25) is 0 Å². The Morgan fingerprint density at radius 2 is 1.95 bits per heavy atom. The van der Waals surface area contributed by atoms with Gasteiger partial charge in [-0.2, -0.15) is 0 Å². The van der Waals surface area contributed by atoms with E-state index < -0.39 is 0 Å². The highest BCUT2D eigenvalue weighted by molar-refractivity contribution is 9.10. The largest absolute Gasteiger partial charge is 0.375 e. The molecule has 2 nitrogen and oxygen atoms in total. The number of hydrogen-bond acceptors (Lipinski definition) is 2. The Hall–Kier alpha value is -0.380. The molecule has 2 fully saturated rings. The molecule has 1 aromatic rings. The molecule has 0 radical (unpaired) electrons. The van der Waals surface area contributed by atoms with Crippen molar-refractivity contribution < 1.29 is 4.74 Å². The number of halogens is 1. The molecule has 1 N–H and O–H groups in total. The molecular formula is C17H24BrNO. The second-order valence-electron chi connectivity index (χ2n) is 6.37. The maximum absolute atomic E-state index is 6.11. The second-order valence-corrected chi connectivity index (χ2v) is 7.28. The number of rotatable bonds is 3. The molecule has 1 heterocycles. The monoisotopic (exact) mass is 337 g/mol. The Kier molecular flexibility index (Phi) is 4.49. The number of ether oxygens (including phenoxy) is 1. The number of benzene rings is 1. The molecule has 0 bridgehead atoms. The summed E-state index contributed by atoms with van der Waals surface area (Å²) in [5.41, 5.74) is 1.56. The van der Waals surface area contributed by atoms with Crippen molar-refractivity contribution in [3.05, 3.63) is 34.3 Å². The molecule has 3 rings (SSSR count). The van der Waals surface area contributed by atoms with Crippen LogP contribution in [0.15, 0.2) is 28.7 Å². The number of nitrogens with one attached hydrogen (secondary N) is 1. The van der Waals surface area contributed by atoms with Gasteiger partial charge in [0.2, 0.25) is 0 Å². The van der Waals surface area contributed by atoms with E-state index in [0.717, 1.165) is 17.5 Å². The summed E-state index contributed by atoms with van der Waals surface area (Å²) in [5, 5.41) is 3.81. The van der Waals surface area contributed by atoms with Gasteiger partial charge in [-0.25, -0.2) is 0 Å². The zero-order valence-corrected chi connectivity index (χ0v) is 13.8. The third-order valence-electron chi connectivity index (χ3n) is 4.86. The van der Waals surface area contributed by atoms with Gasteiger partial charge in [-0.05, 0) is 50.3 Å². The van der Waals surface area contributed by atoms with E-state index >= 15 is 0 Å². The first-order chi connectivity index (χ1) is 9.67. The molecule has 110 valence electrons. The van der Waals surface area contributed by atoms with Gasteiger partial charge in [0, 0.05) is 23.2 Å². The highest BCUT2D eigenvalue weighted by Crippen LogP contribution is 2.40. The minimum Gasteiger partial charge on any atom is -0.375 e. The van der Waals surface area contributed by atoms with Gasteiger partial charge in [0.05, 0.1) is 5.60 Å². The van der Waals surface area contributed by atoms with Gasteiger partial charge in [0.25, 0.3) is 0 Å². The van der Waals surface area contributed by atoms with Gasteiger partial charge in [0.1, 0.15) is 0 Å².